The van der Waals surface area contributed by atoms with E-state index in [1.54, 1.807) is 30.3 Å². The van der Waals surface area contributed by atoms with Crippen LogP contribution >= 0.6 is 11.6 Å². The van der Waals surface area contributed by atoms with Crippen LogP contribution in [0.15, 0.2) is 42.5 Å². The van der Waals surface area contributed by atoms with Gasteiger partial charge in [0, 0.05) is 10.7 Å². The van der Waals surface area contributed by atoms with Gasteiger partial charge in [0.25, 0.3) is 5.91 Å². The number of halogens is 1. The van der Waals surface area contributed by atoms with Gasteiger partial charge in [-0.1, -0.05) is 29.3 Å². The Morgan fingerprint density at radius 2 is 1.77 bits per heavy atom. The number of benzene rings is 2. The van der Waals surface area contributed by atoms with Crippen LogP contribution in [0.1, 0.15) is 21.5 Å². The minimum atomic E-state index is -0.510. The molecular weight excluding hydrogens is 302 g/mol. The third kappa shape index (κ3) is 4.33. The van der Waals surface area contributed by atoms with Gasteiger partial charge >= 0.3 is 5.97 Å². The van der Waals surface area contributed by atoms with Crippen molar-refractivity contribution in [3.63, 3.8) is 0 Å². The molecule has 114 valence electrons. The Labute approximate surface area is 134 Å². The quantitative estimate of drug-likeness (QED) is 0.874. The van der Waals surface area contributed by atoms with Gasteiger partial charge in [-0.25, -0.2) is 4.79 Å². The standard InChI is InChI=1S/C17H16ClNO3/c1-11-3-8-15(12(2)9-11)17(21)22-10-16(20)19-14-6-4-13(18)5-7-14/h3-9H,10H2,1-2H3,(H,19,20). The molecule has 0 aliphatic carbocycles. The first-order valence-electron chi connectivity index (χ1n) is 6.75. The second-order valence-electron chi connectivity index (χ2n) is 4.95. The number of carbonyl (C=O) groups is 2. The summed E-state index contributed by atoms with van der Waals surface area (Å²) < 4.78 is 5.03. The summed E-state index contributed by atoms with van der Waals surface area (Å²) in [4.78, 5) is 23.7. The number of amides is 1. The molecule has 2 rings (SSSR count). The number of nitrogens with one attached hydrogen (secondary N) is 1. The number of rotatable bonds is 4. The average Bonchev–Trinajstić information content (AvgIpc) is 2.47. The molecule has 0 fully saturated rings. The monoisotopic (exact) mass is 317 g/mol. The van der Waals surface area contributed by atoms with Gasteiger partial charge in [-0.05, 0) is 49.7 Å². The summed E-state index contributed by atoms with van der Waals surface area (Å²) in [5.41, 5.74) is 2.94. The maximum atomic E-state index is 12.0. The normalized spacial score (nSPS) is 10.1. The van der Waals surface area contributed by atoms with Crippen molar-refractivity contribution in [2.45, 2.75) is 13.8 Å². The molecule has 0 saturated carbocycles. The van der Waals surface area contributed by atoms with Gasteiger partial charge in [0.2, 0.25) is 0 Å². The second kappa shape index (κ2) is 7.09. The van der Waals surface area contributed by atoms with Gasteiger partial charge in [0.05, 0.1) is 5.56 Å². The lowest BCUT2D eigenvalue weighted by molar-refractivity contribution is -0.119. The molecule has 2 aromatic rings. The summed E-state index contributed by atoms with van der Waals surface area (Å²) >= 11 is 5.76. The van der Waals surface area contributed by atoms with E-state index < -0.39 is 11.9 Å². The zero-order chi connectivity index (χ0) is 16.1. The van der Waals surface area contributed by atoms with Crippen molar-refractivity contribution in [3.05, 3.63) is 64.2 Å². The highest BCUT2D eigenvalue weighted by Crippen LogP contribution is 2.14. The summed E-state index contributed by atoms with van der Waals surface area (Å²) in [6.07, 6.45) is 0. The van der Waals surface area contributed by atoms with Crippen LogP contribution in [0.3, 0.4) is 0 Å². The molecule has 0 bridgehead atoms. The minimum Gasteiger partial charge on any atom is -0.452 e. The lowest BCUT2D eigenvalue weighted by Gasteiger charge is -2.08. The van der Waals surface area contributed by atoms with Gasteiger partial charge < -0.3 is 10.1 Å². The second-order valence-corrected chi connectivity index (χ2v) is 5.39. The number of ether oxygens (including phenoxy) is 1. The predicted molar refractivity (Wildman–Crippen MR) is 86.3 cm³/mol. The summed E-state index contributed by atoms with van der Waals surface area (Å²) in [5, 5.41) is 3.21. The fraction of sp³-hybridized carbons (Fsp3) is 0.176. The maximum absolute atomic E-state index is 12.0. The third-order valence-corrected chi connectivity index (χ3v) is 3.32. The third-order valence-electron chi connectivity index (χ3n) is 3.06. The lowest BCUT2D eigenvalue weighted by atomic mass is 10.1. The minimum absolute atomic E-state index is 0.339. The topological polar surface area (TPSA) is 55.4 Å². The molecule has 0 atom stereocenters. The molecule has 2 aromatic carbocycles. The molecule has 22 heavy (non-hydrogen) atoms. The summed E-state index contributed by atoms with van der Waals surface area (Å²) in [6, 6.07) is 12.1. The molecule has 5 heteroatoms. The zero-order valence-corrected chi connectivity index (χ0v) is 13.1. The van der Waals surface area contributed by atoms with Gasteiger partial charge in [0.15, 0.2) is 6.61 Å². The first-order valence-corrected chi connectivity index (χ1v) is 7.13. The van der Waals surface area contributed by atoms with Crippen LogP contribution in [0, 0.1) is 13.8 Å². The van der Waals surface area contributed by atoms with Crippen molar-refractivity contribution in [2.75, 3.05) is 11.9 Å². The van der Waals surface area contributed by atoms with E-state index in [0.717, 1.165) is 11.1 Å². The number of anilines is 1. The molecule has 4 nitrogen and oxygen atoms in total. The van der Waals surface area contributed by atoms with E-state index in [-0.39, 0.29) is 6.61 Å². The van der Waals surface area contributed by atoms with Crippen LogP contribution in [0.25, 0.3) is 0 Å². The highest BCUT2D eigenvalue weighted by molar-refractivity contribution is 6.30. The Bertz CT molecular complexity index is 696. The molecule has 0 spiro atoms. The molecule has 0 saturated heterocycles. The van der Waals surface area contributed by atoms with Crippen molar-refractivity contribution in [1.29, 1.82) is 0 Å². The Morgan fingerprint density at radius 3 is 2.41 bits per heavy atom. The summed E-state index contributed by atoms with van der Waals surface area (Å²) in [5.74, 6) is -0.913. The van der Waals surface area contributed by atoms with Crippen LogP contribution < -0.4 is 5.32 Å². The van der Waals surface area contributed by atoms with Crippen molar-refractivity contribution < 1.29 is 14.3 Å². The van der Waals surface area contributed by atoms with Crippen LogP contribution in [-0.4, -0.2) is 18.5 Å². The SMILES string of the molecule is Cc1ccc(C(=O)OCC(=O)Nc2ccc(Cl)cc2)c(C)c1. The number of hydrogen-bond acceptors (Lipinski definition) is 3. The van der Waals surface area contributed by atoms with E-state index in [2.05, 4.69) is 5.32 Å². The van der Waals surface area contributed by atoms with Gasteiger partial charge in [-0.15, -0.1) is 0 Å². The Hall–Kier alpha value is -2.33. The molecule has 0 unspecified atom stereocenters. The molecule has 0 aliphatic heterocycles. The van der Waals surface area contributed by atoms with Crippen molar-refractivity contribution >= 4 is 29.2 Å². The number of aryl methyl sites for hydroxylation is 2. The largest absolute Gasteiger partial charge is 0.452 e. The Balaban J connectivity index is 1.90. The first kappa shape index (κ1) is 16.0. The van der Waals surface area contributed by atoms with Crippen LogP contribution in [0.2, 0.25) is 5.02 Å². The van der Waals surface area contributed by atoms with E-state index in [9.17, 15) is 9.59 Å². The Kier molecular flexibility index (Phi) is 5.17. The molecule has 0 aromatic heterocycles. The van der Waals surface area contributed by atoms with E-state index >= 15 is 0 Å². The number of esters is 1. The number of carbonyl (C=O) groups excluding carboxylic acids is 2. The zero-order valence-electron chi connectivity index (χ0n) is 12.4. The first-order chi connectivity index (χ1) is 10.5. The van der Waals surface area contributed by atoms with E-state index in [0.29, 0.717) is 16.3 Å². The molecular formula is C17H16ClNO3. The van der Waals surface area contributed by atoms with Gasteiger partial charge in [0.1, 0.15) is 0 Å². The molecule has 0 heterocycles. The summed E-state index contributed by atoms with van der Waals surface area (Å²) in [7, 11) is 0. The van der Waals surface area contributed by atoms with Gasteiger partial charge in [-0.3, -0.25) is 4.79 Å². The molecule has 1 amide bonds. The van der Waals surface area contributed by atoms with E-state index in [1.165, 1.54) is 0 Å². The predicted octanol–water partition coefficient (Wildman–Crippen LogP) is 3.75. The highest BCUT2D eigenvalue weighted by Gasteiger charge is 2.12. The molecule has 0 aliphatic rings. The van der Waals surface area contributed by atoms with Crippen molar-refractivity contribution in [2.24, 2.45) is 0 Å². The fourth-order valence-electron chi connectivity index (χ4n) is 1.98. The Morgan fingerprint density at radius 1 is 1.09 bits per heavy atom. The van der Waals surface area contributed by atoms with Crippen LogP contribution in [0.4, 0.5) is 5.69 Å². The van der Waals surface area contributed by atoms with Crippen LogP contribution in [0.5, 0.6) is 0 Å². The smallest absolute Gasteiger partial charge is 0.338 e. The van der Waals surface area contributed by atoms with Crippen molar-refractivity contribution in [3.8, 4) is 0 Å². The van der Waals surface area contributed by atoms with E-state index in [1.807, 2.05) is 26.0 Å². The number of hydrogen-bond donors (Lipinski definition) is 1. The average molecular weight is 318 g/mol. The van der Waals surface area contributed by atoms with Crippen LogP contribution in [-0.2, 0) is 9.53 Å². The molecule has 1 N–H and O–H groups in total. The van der Waals surface area contributed by atoms with E-state index in [4.69, 9.17) is 16.3 Å². The van der Waals surface area contributed by atoms with Gasteiger partial charge in [-0.2, -0.15) is 0 Å². The maximum Gasteiger partial charge on any atom is 0.338 e. The fourth-order valence-corrected chi connectivity index (χ4v) is 2.11. The lowest BCUT2D eigenvalue weighted by Crippen LogP contribution is -2.21. The van der Waals surface area contributed by atoms with Crippen molar-refractivity contribution in [1.82, 2.24) is 0 Å². The molecule has 0 radical (unpaired) electrons. The summed E-state index contributed by atoms with van der Waals surface area (Å²) in [6.45, 7) is 3.44. The highest BCUT2D eigenvalue weighted by atomic mass is 35.5.